The monoisotopic (exact) mass is 242 g/mol. The lowest BCUT2D eigenvalue weighted by Crippen LogP contribution is -2.23. The van der Waals surface area contributed by atoms with Crippen LogP contribution in [0, 0.1) is 0 Å². The van der Waals surface area contributed by atoms with Gasteiger partial charge in [-0.15, -0.1) is 0 Å². The molecule has 94 valence electrons. The number of benzene rings is 1. The van der Waals surface area contributed by atoms with Gasteiger partial charge in [0.1, 0.15) is 5.52 Å². The molecule has 0 spiro atoms. The molecule has 1 aliphatic rings. The van der Waals surface area contributed by atoms with E-state index in [-0.39, 0.29) is 0 Å². The smallest absolute Gasteiger partial charge is 0.222 e. The van der Waals surface area contributed by atoms with Crippen molar-refractivity contribution in [1.82, 2.24) is 9.88 Å². The number of likely N-dealkylation sites (N-methyl/N-ethyl adjacent to an activating group) is 1. The van der Waals surface area contributed by atoms with Crippen LogP contribution in [-0.2, 0) is 6.42 Å². The van der Waals surface area contributed by atoms with Crippen LogP contribution >= 0.6 is 0 Å². The highest BCUT2D eigenvalue weighted by Gasteiger charge is 2.15. The Bertz CT molecular complexity index is 598. The Kier molecular flexibility index (Phi) is 2.92. The Labute approximate surface area is 107 Å². The number of nitrogens with zero attached hydrogens (tertiary/aromatic N) is 2. The van der Waals surface area contributed by atoms with Crippen LogP contribution in [0.1, 0.15) is 24.8 Å². The molecular weight excluding hydrogens is 224 g/mol. The molecule has 0 unspecified atom stereocenters. The van der Waals surface area contributed by atoms with Gasteiger partial charge in [0.05, 0.1) is 0 Å². The van der Waals surface area contributed by atoms with Crippen LogP contribution in [0.15, 0.2) is 28.7 Å². The van der Waals surface area contributed by atoms with Crippen LogP contribution in [0.3, 0.4) is 0 Å². The second-order valence-electron chi connectivity index (χ2n) is 4.92. The van der Waals surface area contributed by atoms with E-state index in [1.54, 1.807) is 0 Å². The van der Waals surface area contributed by atoms with Crippen LogP contribution in [0.4, 0.5) is 0 Å². The molecule has 0 bridgehead atoms. The molecule has 0 fully saturated rings. The van der Waals surface area contributed by atoms with Gasteiger partial charge in [0.15, 0.2) is 5.58 Å². The summed E-state index contributed by atoms with van der Waals surface area (Å²) in [6.45, 7) is 4.21. The fourth-order valence-electron chi connectivity index (χ4n) is 2.30. The van der Waals surface area contributed by atoms with E-state index in [2.05, 4.69) is 42.1 Å². The zero-order valence-electron chi connectivity index (χ0n) is 10.9. The average Bonchev–Trinajstić information content (AvgIpc) is 2.82. The molecule has 18 heavy (non-hydrogen) atoms. The number of oxazole rings is 1. The van der Waals surface area contributed by atoms with Crippen molar-refractivity contribution in [3.05, 3.63) is 35.7 Å². The first-order valence-electron chi connectivity index (χ1n) is 6.53. The molecule has 0 N–H and O–H groups in total. The second kappa shape index (κ2) is 4.58. The molecular formula is C15H18N2O. The maximum absolute atomic E-state index is 5.84. The molecule has 1 aromatic carbocycles. The topological polar surface area (TPSA) is 29.3 Å². The Balaban J connectivity index is 1.98. The fraction of sp³-hybridized carbons (Fsp3) is 0.400. The molecule has 0 saturated heterocycles. The first-order chi connectivity index (χ1) is 8.76. The van der Waals surface area contributed by atoms with Gasteiger partial charge < -0.3 is 9.32 Å². The Morgan fingerprint density at radius 2 is 2.28 bits per heavy atom. The standard InChI is InChI=1S/C15H18N2O/c1-3-11-4-5-14-13(10-11)16-15(18-14)12-6-8-17(2)9-7-12/h4-6,10H,3,7-9H2,1-2H3. The largest absolute Gasteiger partial charge is 0.436 e. The number of aromatic nitrogens is 1. The summed E-state index contributed by atoms with van der Waals surface area (Å²) in [5, 5.41) is 0. The molecule has 3 rings (SSSR count). The van der Waals surface area contributed by atoms with Gasteiger partial charge in [-0.25, -0.2) is 4.98 Å². The molecule has 3 nitrogen and oxygen atoms in total. The summed E-state index contributed by atoms with van der Waals surface area (Å²) in [7, 11) is 2.13. The van der Waals surface area contributed by atoms with Gasteiger partial charge in [0, 0.05) is 18.7 Å². The van der Waals surface area contributed by atoms with Crippen molar-refractivity contribution >= 4 is 16.7 Å². The second-order valence-corrected chi connectivity index (χ2v) is 4.92. The average molecular weight is 242 g/mol. The highest BCUT2D eigenvalue weighted by molar-refractivity contribution is 5.76. The van der Waals surface area contributed by atoms with Crippen LogP contribution in [0.2, 0.25) is 0 Å². The third kappa shape index (κ3) is 2.06. The van der Waals surface area contributed by atoms with Crippen LogP contribution < -0.4 is 0 Å². The van der Waals surface area contributed by atoms with E-state index in [9.17, 15) is 0 Å². The van der Waals surface area contributed by atoms with Gasteiger partial charge >= 0.3 is 0 Å². The van der Waals surface area contributed by atoms with Crippen molar-refractivity contribution in [3.63, 3.8) is 0 Å². The van der Waals surface area contributed by atoms with E-state index in [0.29, 0.717) is 0 Å². The zero-order chi connectivity index (χ0) is 12.5. The van der Waals surface area contributed by atoms with Crippen molar-refractivity contribution in [1.29, 1.82) is 0 Å². The van der Waals surface area contributed by atoms with Crippen molar-refractivity contribution in [2.24, 2.45) is 0 Å². The Morgan fingerprint density at radius 1 is 1.39 bits per heavy atom. The number of hydrogen-bond acceptors (Lipinski definition) is 3. The summed E-state index contributed by atoms with van der Waals surface area (Å²) in [6.07, 6.45) is 4.27. The van der Waals surface area contributed by atoms with Gasteiger partial charge in [-0.3, -0.25) is 0 Å². The zero-order valence-corrected chi connectivity index (χ0v) is 10.9. The van der Waals surface area contributed by atoms with E-state index >= 15 is 0 Å². The van der Waals surface area contributed by atoms with Crippen molar-refractivity contribution in [3.8, 4) is 0 Å². The lowest BCUT2D eigenvalue weighted by Gasteiger charge is -2.20. The van der Waals surface area contributed by atoms with Crippen molar-refractivity contribution in [2.45, 2.75) is 19.8 Å². The summed E-state index contributed by atoms with van der Waals surface area (Å²) in [4.78, 5) is 6.91. The van der Waals surface area contributed by atoms with Crippen molar-refractivity contribution in [2.75, 3.05) is 20.1 Å². The first-order valence-corrected chi connectivity index (χ1v) is 6.53. The predicted octanol–water partition coefficient (Wildman–Crippen LogP) is 3.11. The molecule has 2 aromatic rings. The number of rotatable bonds is 2. The predicted molar refractivity (Wildman–Crippen MR) is 73.5 cm³/mol. The highest BCUT2D eigenvalue weighted by atomic mass is 16.3. The number of aryl methyl sites for hydroxylation is 1. The molecule has 1 aromatic heterocycles. The quantitative estimate of drug-likeness (QED) is 0.810. The van der Waals surface area contributed by atoms with Gasteiger partial charge in [0.25, 0.3) is 0 Å². The minimum Gasteiger partial charge on any atom is -0.436 e. The summed E-state index contributed by atoms with van der Waals surface area (Å²) in [5.74, 6) is 0.798. The summed E-state index contributed by atoms with van der Waals surface area (Å²) >= 11 is 0. The molecule has 0 atom stereocenters. The van der Waals surface area contributed by atoms with E-state index in [1.807, 2.05) is 6.07 Å². The molecule has 0 aliphatic carbocycles. The Hall–Kier alpha value is -1.61. The maximum atomic E-state index is 5.84. The molecule has 0 saturated carbocycles. The third-order valence-electron chi connectivity index (χ3n) is 3.55. The lowest BCUT2D eigenvalue weighted by atomic mass is 10.1. The number of hydrogen-bond donors (Lipinski definition) is 0. The first kappa shape index (κ1) is 11.5. The minimum atomic E-state index is 0.798. The van der Waals surface area contributed by atoms with Crippen molar-refractivity contribution < 1.29 is 4.42 Å². The molecule has 1 aliphatic heterocycles. The lowest BCUT2D eigenvalue weighted by molar-refractivity contribution is 0.367. The summed E-state index contributed by atoms with van der Waals surface area (Å²) in [5.41, 5.74) is 4.41. The summed E-state index contributed by atoms with van der Waals surface area (Å²) < 4.78 is 5.84. The normalized spacial score (nSPS) is 17.1. The summed E-state index contributed by atoms with van der Waals surface area (Å²) in [6, 6.07) is 6.26. The van der Waals surface area contributed by atoms with E-state index < -0.39 is 0 Å². The maximum Gasteiger partial charge on any atom is 0.222 e. The molecule has 0 radical (unpaired) electrons. The van der Waals surface area contributed by atoms with E-state index in [1.165, 1.54) is 11.1 Å². The van der Waals surface area contributed by atoms with E-state index in [0.717, 1.165) is 42.9 Å². The molecule has 2 heterocycles. The third-order valence-corrected chi connectivity index (χ3v) is 3.55. The van der Waals surface area contributed by atoms with Crippen LogP contribution in [-0.4, -0.2) is 30.0 Å². The van der Waals surface area contributed by atoms with Crippen LogP contribution in [0.5, 0.6) is 0 Å². The van der Waals surface area contributed by atoms with Gasteiger partial charge in [-0.05, 0) is 37.6 Å². The van der Waals surface area contributed by atoms with Crippen LogP contribution in [0.25, 0.3) is 16.7 Å². The van der Waals surface area contributed by atoms with Gasteiger partial charge in [-0.1, -0.05) is 19.1 Å². The SMILES string of the molecule is CCc1ccc2oc(C3=CCN(C)CC3)nc2c1. The van der Waals surface area contributed by atoms with Gasteiger partial charge in [-0.2, -0.15) is 0 Å². The minimum absolute atomic E-state index is 0.798. The molecule has 3 heteroatoms. The fourth-order valence-corrected chi connectivity index (χ4v) is 2.30. The highest BCUT2D eigenvalue weighted by Crippen LogP contribution is 2.25. The Morgan fingerprint density at radius 3 is 3.00 bits per heavy atom. The molecule has 0 amide bonds. The number of fused-ring (bicyclic) bond motifs is 1. The van der Waals surface area contributed by atoms with E-state index in [4.69, 9.17) is 4.42 Å². The van der Waals surface area contributed by atoms with Gasteiger partial charge in [0.2, 0.25) is 5.89 Å².